The molecule has 0 saturated carbocycles. The molecule has 0 saturated heterocycles. The molecule has 1 N–H and O–H groups in total. The van der Waals surface area contributed by atoms with Gasteiger partial charge in [0.2, 0.25) is 5.88 Å². The molecule has 0 aliphatic rings. The quantitative estimate of drug-likeness (QED) is 0.936. The summed E-state index contributed by atoms with van der Waals surface area (Å²) in [4.78, 5) is 16.4. The van der Waals surface area contributed by atoms with Crippen LogP contribution in [0.25, 0.3) is 0 Å². The van der Waals surface area contributed by atoms with Crippen molar-refractivity contribution in [3.8, 4) is 5.88 Å². The van der Waals surface area contributed by atoms with Gasteiger partial charge in [-0.15, -0.1) is 0 Å². The first-order valence-electron chi connectivity index (χ1n) is 6.83. The lowest BCUT2D eigenvalue weighted by atomic mass is 9.86. The zero-order valence-corrected chi connectivity index (χ0v) is 12.8. The Labute approximate surface area is 125 Å². The first-order chi connectivity index (χ1) is 9.91. The van der Waals surface area contributed by atoms with Crippen LogP contribution in [0.2, 0.25) is 0 Å². The summed E-state index contributed by atoms with van der Waals surface area (Å²) in [6.45, 7) is 6.36. The van der Waals surface area contributed by atoms with E-state index in [1.54, 1.807) is 18.3 Å². The van der Waals surface area contributed by atoms with Gasteiger partial charge in [-0.25, -0.2) is 4.98 Å². The second kappa shape index (κ2) is 5.95. The van der Waals surface area contributed by atoms with Crippen molar-refractivity contribution >= 4 is 11.6 Å². The molecule has 2 aromatic rings. The fourth-order valence-corrected chi connectivity index (χ4v) is 2.10. The van der Waals surface area contributed by atoms with Crippen molar-refractivity contribution in [2.75, 3.05) is 12.4 Å². The molecule has 1 aromatic carbocycles. The Morgan fingerprint density at radius 2 is 1.90 bits per heavy atom. The zero-order valence-electron chi connectivity index (χ0n) is 12.8. The van der Waals surface area contributed by atoms with Gasteiger partial charge in [0.15, 0.2) is 0 Å². The van der Waals surface area contributed by atoms with Gasteiger partial charge in [-0.3, -0.25) is 4.79 Å². The molecule has 0 radical (unpaired) electrons. The summed E-state index contributed by atoms with van der Waals surface area (Å²) in [6, 6.07) is 11.1. The number of ether oxygens (including phenoxy) is 1. The number of para-hydroxylation sites is 1. The first-order valence-corrected chi connectivity index (χ1v) is 6.83. The van der Waals surface area contributed by atoms with Crippen molar-refractivity contribution < 1.29 is 9.53 Å². The van der Waals surface area contributed by atoms with Crippen molar-refractivity contribution in [3.63, 3.8) is 0 Å². The van der Waals surface area contributed by atoms with Crippen LogP contribution in [0.1, 0.15) is 36.7 Å². The number of hydrogen-bond acceptors (Lipinski definition) is 3. The number of pyridine rings is 1. The van der Waals surface area contributed by atoms with Crippen LogP contribution < -0.4 is 10.1 Å². The predicted molar refractivity (Wildman–Crippen MR) is 83.9 cm³/mol. The fourth-order valence-electron chi connectivity index (χ4n) is 2.10. The molecular formula is C17H20N2O2. The summed E-state index contributed by atoms with van der Waals surface area (Å²) < 4.78 is 5.04. The summed E-state index contributed by atoms with van der Waals surface area (Å²) >= 11 is 0. The number of benzene rings is 1. The van der Waals surface area contributed by atoms with E-state index in [9.17, 15) is 4.79 Å². The highest BCUT2D eigenvalue weighted by Crippen LogP contribution is 2.29. The zero-order chi connectivity index (χ0) is 15.5. The molecule has 4 nitrogen and oxygen atoms in total. The second-order valence-corrected chi connectivity index (χ2v) is 5.84. The smallest absolute Gasteiger partial charge is 0.255 e. The number of hydrogen-bond donors (Lipinski definition) is 1. The van der Waals surface area contributed by atoms with Crippen molar-refractivity contribution in [2.24, 2.45) is 0 Å². The maximum atomic E-state index is 12.4. The number of carbonyl (C=O) groups is 1. The highest BCUT2D eigenvalue weighted by molar-refractivity contribution is 6.04. The van der Waals surface area contributed by atoms with Crippen LogP contribution in [0.5, 0.6) is 5.88 Å². The number of amides is 1. The average molecular weight is 284 g/mol. The van der Waals surface area contributed by atoms with Crippen LogP contribution in [0.3, 0.4) is 0 Å². The van der Waals surface area contributed by atoms with E-state index < -0.39 is 0 Å². The van der Waals surface area contributed by atoms with Crippen LogP contribution in [-0.4, -0.2) is 18.0 Å². The molecule has 21 heavy (non-hydrogen) atoms. The third-order valence-corrected chi connectivity index (χ3v) is 3.19. The number of carbonyl (C=O) groups excluding carboxylic acids is 1. The molecule has 0 unspecified atom stereocenters. The third kappa shape index (κ3) is 3.60. The summed E-state index contributed by atoms with van der Waals surface area (Å²) in [7, 11) is 1.53. The molecule has 0 atom stereocenters. The van der Waals surface area contributed by atoms with Gasteiger partial charge in [-0.05, 0) is 23.1 Å². The monoisotopic (exact) mass is 284 g/mol. The van der Waals surface area contributed by atoms with Crippen molar-refractivity contribution in [1.29, 1.82) is 0 Å². The maximum Gasteiger partial charge on any atom is 0.255 e. The minimum atomic E-state index is -0.174. The van der Waals surface area contributed by atoms with Gasteiger partial charge in [0, 0.05) is 23.5 Å². The number of methoxy groups -OCH3 is 1. The summed E-state index contributed by atoms with van der Waals surface area (Å²) in [5.74, 6) is 0.249. The predicted octanol–water partition coefficient (Wildman–Crippen LogP) is 3.64. The van der Waals surface area contributed by atoms with E-state index in [1.807, 2.05) is 24.3 Å². The van der Waals surface area contributed by atoms with Crippen molar-refractivity contribution in [2.45, 2.75) is 26.2 Å². The van der Waals surface area contributed by atoms with Gasteiger partial charge in [0.05, 0.1) is 7.11 Å². The van der Waals surface area contributed by atoms with Gasteiger partial charge in [0.1, 0.15) is 0 Å². The average Bonchev–Trinajstić information content (AvgIpc) is 2.46. The largest absolute Gasteiger partial charge is 0.481 e. The molecule has 0 spiro atoms. The molecule has 110 valence electrons. The number of rotatable bonds is 3. The Balaban J connectivity index is 2.28. The Morgan fingerprint density at radius 3 is 2.57 bits per heavy atom. The fraction of sp³-hybridized carbons (Fsp3) is 0.294. The molecule has 2 rings (SSSR count). The van der Waals surface area contributed by atoms with Gasteiger partial charge in [-0.1, -0.05) is 39.0 Å². The Bertz CT molecular complexity index is 645. The van der Waals surface area contributed by atoms with E-state index >= 15 is 0 Å². The lowest BCUT2D eigenvalue weighted by molar-refractivity contribution is 0.102. The van der Waals surface area contributed by atoms with E-state index in [2.05, 4.69) is 31.1 Å². The van der Waals surface area contributed by atoms with E-state index in [0.29, 0.717) is 11.4 Å². The molecule has 0 aliphatic carbocycles. The molecule has 4 heteroatoms. The topological polar surface area (TPSA) is 51.2 Å². The lowest BCUT2D eigenvalue weighted by Crippen LogP contribution is -2.18. The summed E-state index contributed by atoms with van der Waals surface area (Å²) in [5, 5.41) is 2.96. The first kappa shape index (κ1) is 15.0. The molecule has 1 aromatic heterocycles. The Hall–Kier alpha value is -2.36. The second-order valence-electron chi connectivity index (χ2n) is 5.84. The molecular weight excluding hydrogens is 264 g/mol. The number of aromatic nitrogens is 1. The van der Waals surface area contributed by atoms with E-state index in [4.69, 9.17) is 4.74 Å². The number of nitrogens with one attached hydrogen (secondary N) is 1. The standard InChI is InChI=1S/C17H20N2O2/c1-17(2,3)13-7-5-6-8-14(13)19-16(20)12-9-10-18-15(11-12)21-4/h5-11H,1-4H3,(H,19,20). The normalized spacial score (nSPS) is 11.0. The third-order valence-electron chi connectivity index (χ3n) is 3.19. The van der Waals surface area contributed by atoms with Crippen molar-refractivity contribution in [3.05, 3.63) is 53.7 Å². The van der Waals surface area contributed by atoms with Gasteiger partial charge in [0.25, 0.3) is 5.91 Å². The van der Waals surface area contributed by atoms with E-state index in [1.165, 1.54) is 7.11 Å². The van der Waals surface area contributed by atoms with E-state index in [-0.39, 0.29) is 11.3 Å². The molecule has 0 bridgehead atoms. The number of nitrogens with zero attached hydrogens (tertiary/aromatic N) is 1. The molecule has 0 aliphatic heterocycles. The van der Waals surface area contributed by atoms with Gasteiger partial charge >= 0.3 is 0 Å². The SMILES string of the molecule is COc1cc(C(=O)Nc2ccccc2C(C)(C)C)ccn1. The molecule has 1 amide bonds. The van der Waals surface area contributed by atoms with Crippen LogP contribution in [0, 0.1) is 0 Å². The van der Waals surface area contributed by atoms with Gasteiger partial charge in [-0.2, -0.15) is 0 Å². The van der Waals surface area contributed by atoms with Crippen LogP contribution >= 0.6 is 0 Å². The maximum absolute atomic E-state index is 12.4. The van der Waals surface area contributed by atoms with Gasteiger partial charge < -0.3 is 10.1 Å². The van der Waals surface area contributed by atoms with Crippen molar-refractivity contribution in [1.82, 2.24) is 4.98 Å². The summed E-state index contributed by atoms with van der Waals surface area (Å²) in [5.41, 5.74) is 2.40. The number of anilines is 1. The minimum absolute atomic E-state index is 0.0419. The lowest BCUT2D eigenvalue weighted by Gasteiger charge is -2.23. The van der Waals surface area contributed by atoms with E-state index in [0.717, 1.165) is 11.3 Å². The Morgan fingerprint density at radius 1 is 1.19 bits per heavy atom. The van der Waals surface area contributed by atoms with Crippen LogP contribution in [0.15, 0.2) is 42.6 Å². The molecule has 1 heterocycles. The van der Waals surface area contributed by atoms with Crippen LogP contribution in [0.4, 0.5) is 5.69 Å². The molecule has 0 fully saturated rings. The Kier molecular flexibility index (Phi) is 4.26. The highest BCUT2D eigenvalue weighted by atomic mass is 16.5. The summed E-state index contributed by atoms with van der Waals surface area (Å²) in [6.07, 6.45) is 1.56. The van der Waals surface area contributed by atoms with Crippen LogP contribution in [-0.2, 0) is 5.41 Å². The highest BCUT2D eigenvalue weighted by Gasteiger charge is 2.19. The minimum Gasteiger partial charge on any atom is -0.481 e.